The minimum Gasteiger partial charge on any atom is -0.337 e. The molecule has 0 spiro atoms. The topological polar surface area (TPSA) is 84.7 Å². The molecule has 2 aromatic carbocycles. The predicted molar refractivity (Wildman–Crippen MR) is 114 cm³/mol. The average Bonchev–Trinajstić information content (AvgIpc) is 3.14. The van der Waals surface area contributed by atoms with Crippen molar-refractivity contribution in [2.45, 2.75) is 13.8 Å². The molecule has 29 heavy (non-hydrogen) atoms. The average molecular weight is 405 g/mol. The quantitative estimate of drug-likeness (QED) is 0.334. The summed E-state index contributed by atoms with van der Waals surface area (Å²) in [4.78, 5) is 23.3. The number of nitrogens with one attached hydrogen (secondary N) is 1. The van der Waals surface area contributed by atoms with Crippen molar-refractivity contribution in [1.29, 1.82) is 0 Å². The Hall–Kier alpha value is -3.51. The molecule has 0 aliphatic carbocycles. The fourth-order valence-corrected chi connectivity index (χ4v) is 3.56. The molecule has 0 saturated heterocycles. The lowest BCUT2D eigenvalue weighted by atomic mass is 10.0. The summed E-state index contributed by atoms with van der Waals surface area (Å²) in [6, 6.07) is 14.5. The van der Waals surface area contributed by atoms with Gasteiger partial charge in [0, 0.05) is 45.7 Å². The van der Waals surface area contributed by atoms with Crippen molar-refractivity contribution in [3.05, 3.63) is 87.2 Å². The van der Waals surface area contributed by atoms with Crippen molar-refractivity contribution in [2.24, 2.45) is 0 Å². The number of benzene rings is 2. The number of pyridine rings is 1. The van der Waals surface area contributed by atoms with Gasteiger partial charge in [-0.25, -0.2) is 4.98 Å². The molecule has 2 heterocycles. The van der Waals surface area contributed by atoms with Crippen molar-refractivity contribution >= 4 is 17.3 Å². The number of nitrogens with zero attached hydrogens (tertiary/aromatic N) is 3. The van der Waals surface area contributed by atoms with Crippen LogP contribution in [0.1, 0.15) is 11.1 Å². The summed E-state index contributed by atoms with van der Waals surface area (Å²) < 4.78 is 0. The number of hydrogen-bond donors (Lipinski definition) is 1. The Morgan fingerprint density at radius 2 is 1.66 bits per heavy atom. The Morgan fingerprint density at radius 3 is 2.31 bits per heavy atom. The second-order valence-electron chi connectivity index (χ2n) is 6.71. The minimum atomic E-state index is -0.370. The maximum absolute atomic E-state index is 11.4. The summed E-state index contributed by atoms with van der Waals surface area (Å²) in [7, 11) is 0. The molecule has 1 N–H and O–H groups in total. The van der Waals surface area contributed by atoms with Crippen LogP contribution in [-0.4, -0.2) is 19.9 Å². The van der Waals surface area contributed by atoms with Crippen LogP contribution in [0.15, 0.2) is 60.9 Å². The van der Waals surface area contributed by atoms with E-state index in [1.807, 2.05) is 43.3 Å². The van der Waals surface area contributed by atoms with Crippen LogP contribution in [0.5, 0.6) is 0 Å². The number of nitro groups is 1. The molecular formula is C22H17ClN4O2. The molecule has 0 amide bonds. The van der Waals surface area contributed by atoms with Crippen LogP contribution in [0, 0.1) is 24.0 Å². The van der Waals surface area contributed by atoms with Crippen LogP contribution in [0.2, 0.25) is 5.02 Å². The van der Waals surface area contributed by atoms with Crippen molar-refractivity contribution in [3.63, 3.8) is 0 Å². The van der Waals surface area contributed by atoms with Gasteiger partial charge in [0.15, 0.2) is 0 Å². The molecule has 0 unspecified atom stereocenters. The molecule has 0 aliphatic rings. The SMILES string of the molecule is Cc1ccc([N+](=O)[O-])c(C)c1-c1nc(-c2ccc(Cl)cc2)c(-c2ccncc2)[nH]1. The highest BCUT2D eigenvalue weighted by Crippen LogP contribution is 2.37. The molecule has 7 heteroatoms. The molecule has 0 aliphatic heterocycles. The zero-order valence-electron chi connectivity index (χ0n) is 15.8. The minimum absolute atomic E-state index is 0.0699. The van der Waals surface area contributed by atoms with Gasteiger partial charge in [0.2, 0.25) is 0 Å². The smallest absolute Gasteiger partial charge is 0.273 e. The maximum Gasteiger partial charge on any atom is 0.273 e. The summed E-state index contributed by atoms with van der Waals surface area (Å²) in [5, 5.41) is 12.1. The fraction of sp³-hybridized carbons (Fsp3) is 0.0909. The van der Waals surface area contributed by atoms with Crippen molar-refractivity contribution in [3.8, 4) is 33.9 Å². The standard InChI is InChI=1S/C22H17ClN4O2/c1-13-3-8-18(27(28)29)14(2)19(13)22-25-20(15-4-6-17(23)7-5-15)21(26-22)16-9-11-24-12-10-16/h3-12H,1-2H3,(H,25,26). The fourth-order valence-electron chi connectivity index (χ4n) is 3.43. The number of rotatable bonds is 4. The Morgan fingerprint density at radius 1 is 0.966 bits per heavy atom. The van der Waals surface area contributed by atoms with Crippen LogP contribution >= 0.6 is 11.6 Å². The van der Waals surface area contributed by atoms with Crippen LogP contribution in [0.3, 0.4) is 0 Å². The maximum atomic E-state index is 11.4. The predicted octanol–water partition coefficient (Wildman–Crippen LogP) is 5.98. The number of aromatic nitrogens is 3. The van der Waals surface area contributed by atoms with Gasteiger partial charge in [-0.3, -0.25) is 15.1 Å². The van der Waals surface area contributed by atoms with Gasteiger partial charge in [-0.15, -0.1) is 0 Å². The molecule has 4 rings (SSSR count). The van der Waals surface area contributed by atoms with E-state index in [9.17, 15) is 10.1 Å². The normalized spacial score (nSPS) is 10.9. The first-order chi connectivity index (χ1) is 14.0. The summed E-state index contributed by atoms with van der Waals surface area (Å²) in [6.45, 7) is 3.67. The summed E-state index contributed by atoms with van der Waals surface area (Å²) in [6.07, 6.45) is 3.43. The van der Waals surface area contributed by atoms with E-state index in [1.165, 1.54) is 6.07 Å². The van der Waals surface area contributed by atoms with Gasteiger partial charge in [0.05, 0.1) is 16.3 Å². The number of hydrogen-bond acceptors (Lipinski definition) is 4. The van der Waals surface area contributed by atoms with Gasteiger partial charge < -0.3 is 4.98 Å². The van der Waals surface area contributed by atoms with E-state index in [0.717, 1.165) is 33.6 Å². The molecule has 4 aromatic rings. The molecular weight excluding hydrogens is 388 g/mol. The number of imidazole rings is 1. The van der Waals surface area contributed by atoms with Crippen LogP contribution < -0.4 is 0 Å². The van der Waals surface area contributed by atoms with E-state index in [4.69, 9.17) is 16.6 Å². The van der Waals surface area contributed by atoms with Crippen molar-refractivity contribution < 1.29 is 4.92 Å². The van der Waals surface area contributed by atoms with E-state index in [-0.39, 0.29) is 10.6 Å². The Labute approximate surface area is 172 Å². The molecule has 0 saturated carbocycles. The van der Waals surface area contributed by atoms with Gasteiger partial charge in [-0.05, 0) is 43.7 Å². The highest BCUT2D eigenvalue weighted by Gasteiger charge is 2.22. The van der Waals surface area contributed by atoms with Gasteiger partial charge in [-0.2, -0.15) is 0 Å². The van der Waals surface area contributed by atoms with Crippen molar-refractivity contribution in [2.75, 3.05) is 0 Å². The number of aromatic amines is 1. The van der Waals surface area contributed by atoms with E-state index in [2.05, 4.69) is 9.97 Å². The third-order valence-corrected chi connectivity index (χ3v) is 5.12. The largest absolute Gasteiger partial charge is 0.337 e. The second-order valence-corrected chi connectivity index (χ2v) is 7.15. The Bertz CT molecular complexity index is 1200. The first-order valence-corrected chi connectivity index (χ1v) is 9.35. The lowest BCUT2D eigenvalue weighted by molar-refractivity contribution is -0.385. The van der Waals surface area contributed by atoms with Gasteiger partial charge in [0.25, 0.3) is 5.69 Å². The van der Waals surface area contributed by atoms with Crippen LogP contribution in [-0.2, 0) is 0 Å². The van der Waals surface area contributed by atoms with E-state index in [0.29, 0.717) is 16.4 Å². The number of aryl methyl sites for hydroxylation is 1. The monoisotopic (exact) mass is 404 g/mol. The van der Waals surface area contributed by atoms with E-state index < -0.39 is 0 Å². The Kier molecular flexibility index (Phi) is 4.86. The third kappa shape index (κ3) is 3.50. The second kappa shape index (κ2) is 7.48. The van der Waals surface area contributed by atoms with E-state index >= 15 is 0 Å². The van der Waals surface area contributed by atoms with Crippen LogP contribution in [0.4, 0.5) is 5.69 Å². The number of H-pyrrole nitrogens is 1. The highest BCUT2D eigenvalue weighted by atomic mass is 35.5. The highest BCUT2D eigenvalue weighted by molar-refractivity contribution is 6.30. The van der Waals surface area contributed by atoms with Crippen LogP contribution in [0.25, 0.3) is 33.9 Å². The molecule has 6 nitrogen and oxygen atoms in total. The first kappa shape index (κ1) is 18.8. The third-order valence-electron chi connectivity index (χ3n) is 4.87. The van der Waals surface area contributed by atoms with Gasteiger partial charge in [0.1, 0.15) is 5.82 Å². The summed E-state index contributed by atoms with van der Waals surface area (Å²) >= 11 is 6.05. The molecule has 0 atom stereocenters. The lowest BCUT2D eigenvalue weighted by Crippen LogP contribution is -1.97. The van der Waals surface area contributed by atoms with Gasteiger partial charge in [-0.1, -0.05) is 29.8 Å². The molecule has 2 aromatic heterocycles. The lowest BCUT2D eigenvalue weighted by Gasteiger charge is -2.07. The van der Waals surface area contributed by atoms with Gasteiger partial charge >= 0.3 is 0 Å². The summed E-state index contributed by atoms with van der Waals surface area (Å²) in [5.74, 6) is 0.584. The van der Waals surface area contributed by atoms with E-state index in [1.54, 1.807) is 25.4 Å². The molecule has 144 valence electrons. The van der Waals surface area contributed by atoms with Crippen molar-refractivity contribution in [1.82, 2.24) is 15.0 Å². The number of halogens is 1. The summed E-state index contributed by atoms with van der Waals surface area (Å²) in [5.41, 5.74) is 5.66. The molecule has 0 bridgehead atoms. The molecule has 0 fully saturated rings. The number of nitro benzene ring substituents is 1. The first-order valence-electron chi connectivity index (χ1n) is 8.97. The zero-order chi connectivity index (χ0) is 20.5. The Balaban J connectivity index is 1.97. The zero-order valence-corrected chi connectivity index (χ0v) is 16.6. The molecule has 0 radical (unpaired) electrons.